The van der Waals surface area contributed by atoms with Crippen LogP contribution in [-0.2, 0) is 9.47 Å². The predicted molar refractivity (Wildman–Crippen MR) is 48.9 cm³/mol. The first kappa shape index (κ1) is 9.30. The molecule has 0 atom stereocenters. The zero-order valence-corrected chi connectivity index (χ0v) is 7.90. The Morgan fingerprint density at radius 1 is 1.50 bits per heavy atom. The SMILES string of the molecule is CC(=O)c1cc(C2OCCO2)ccn1. The van der Waals surface area contributed by atoms with E-state index in [9.17, 15) is 4.79 Å². The van der Waals surface area contributed by atoms with E-state index in [0.29, 0.717) is 18.9 Å². The van der Waals surface area contributed by atoms with Gasteiger partial charge >= 0.3 is 0 Å². The smallest absolute Gasteiger partial charge is 0.184 e. The molecule has 0 aliphatic carbocycles. The monoisotopic (exact) mass is 193 g/mol. The molecule has 0 bridgehead atoms. The lowest BCUT2D eigenvalue weighted by Crippen LogP contribution is -2.02. The van der Waals surface area contributed by atoms with Gasteiger partial charge in [-0.15, -0.1) is 0 Å². The van der Waals surface area contributed by atoms with Crippen LogP contribution in [0, 0.1) is 0 Å². The van der Waals surface area contributed by atoms with Gasteiger partial charge in [0.05, 0.1) is 13.2 Å². The maximum absolute atomic E-state index is 11.1. The lowest BCUT2D eigenvalue weighted by atomic mass is 10.2. The number of nitrogens with zero attached hydrogens (tertiary/aromatic N) is 1. The number of ether oxygens (including phenoxy) is 2. The molecule has 0 amide bonds. The van der Waals surface area contributed by atoms with Crippen LogP contribution in [0.4, 0.5) is 0 Å². The number of carbonyl (C=O) groups is 1. The van der Waals surface area contributed by atoms with Crippen molar-refractivity contribution in [2.24, 2.45) is 0 Å². The van der Waals surface area contributed by atoms with Gasteiger partial charge in [0.25, 0.3) is 0 Å². The summed E-state index contributed by atoms with van der Waals surface area (Å²) in [6, 6.07) is 3.50. The van der Waals surface area contributed by atoms with Crippen molar-refractivity contribution in [1.82, 2.24) is 4.98 Å². The predicted octanol–water partition coefficient (Wildman–Crippen LogP) is 1.33. The molecule has 0 N–H and O–H groups in total. The van der Waals surface area contributed by atoms with Crippen LogP contribution < -0.4 is 0 Å². The normalized spacial score (nSPS) is 17.2. The number of aromatic nitrogens is 1. The minimum atomic E-state index is -0.337. The Morgan fingerprint density at radius 3 is 2.86 bits per heavy atom. The molecule has 0 saturated carbocycles. The molecule has 0 radical (unpaired) electrons. The molecule has 2 heterocycles. The van der Waals surface area contributed by atoms with Crippen molar-refractivity contribution in [2.75, 3.05) is 13.2 Å². The minimum Gasteiger partial charge on any atom is -0.346 e. The molecule has 0 spiro atoms. The first-order valence-electron chi connectivity index (χ1n) is 4.47. The summed E-state index contributed by atoms with van der Waals surface area (Å²) >= 11 is 0. The van der Waals surface area contributed by atoms with Crippen LogP contribution in [0.25, 0.3) is 0 Å². The molecule has 74 valence electrons. The molecular formula is C10H11NO3. The van der Waals surface area contributed by atoms with Gasteiger partial charge in [-0.05, 0) is 12.1 Å². The number of hydrogen-bond donors (Lipinski definition) is 0. The molecule has 0 unspecified atom stereocenters. The van der Waals surface area contributed by atoms with Gasteiger partial charge in [-0.2, -0.15) is 0 Å². The molecule has 1 aliphatic heterocycles. The molecule has 1 aliphatic rings. The molecule has 1 saturated heterocycles. The standard InChI is InChI=1S/C10H11NO3/c1-7(12)9-6-8(2-3-11-9)10-13-4-5-14-10/h2-3,6,10H,4-5H2,1H3. The van der Waals surface area contributed by atoms with Gasteiger partial charge in [-0.1, -0.05) is 0 Å². The second-order valence-electron chi connectivity index (χ2n) is 3.10. The zero-order chi connectivity index (χ0) is 9.97. The third-order valence-corrected chi connectivity index (χ3v) is 2.04. The van der Waals surface area contributed by atoms with E-state index in [1.807, 2.05) is 0 Å². The Labute approximate surface area is 81.9 Å². The Balaban J connectivity index is 2.25. The third kappa shape index (κ3) is 1.81. The summed E-state index contributed by atoms with van der Waals surface area (Å²) in [4.78, 5) is 15.0. The maximum Gasteiger partial charge on any atom is 0.184 e. The van der Waals surface area contributed by atoms with E-state index in [1.54, 1.807) is 18.3 Å². The van der Waals surface area contributed by atoms with Gasteiger partial charge in [-0.25, -0.2) is 0 Å². The minimum absolute atomic E-state index is 0.0511. The summed E-state index contributed by atoms with van der Waals surface area (Å²) in [6.07, 6.45) is 1.26. The molecule has 1 aromatic heterocycles. The van der Waals surface area contributed by atoms with Gasteiger partial charge in [0.2, 0.25) is 0 Å². The largest absolute Gasteiger partial charge is 0.346 e. The molecule has 2 rings (SSSR count). The van der Waals surface area contributed by atoms with Gasteiger partial charge in [-0.3, -0.25) is 9.78 Å². The van der Waals surface area contributed by atoms with Crippen LogP contribution >= 0.6 is 0 Å². The van der Waals surface area contributed by atoms with Crippen LogP contribution in [-0.4, -0.2) is 24.0 Å². The lowest BCUT2D eigenvalue weighted by molar-refractivity contribution is -0.0441. The second-order valence-corrected chi connectivity index (χ2v) is 3.10. The number of Topliss-reactive ketones (excluding diaryl/α,β-unsaturated/α-hetero) is 1. The Morgan fingerprint density at radius 2 is 2.21 bits per heavy atom. The average Bonchev–Trinajstić information content (AvgIpc) is 2.71. The second kappa shape index (κ2) is 3.86. The first-order chi connectivity index (χ1) is 6.77. The summed E-state index contributed by atoms with van der Waals surface area (Å²) in [5.74, 6) is -0.0511. The van der Waals surface area contributed by atoms with Crippen molar-refractivity contribution in [3.8, 4) is 0 Å². The highest BCUT2D eigenvalue weighted by atomic mass is 16.7. The fraction of sp³-hybridized carbons (Fsp3) is 0.400. The number of hydrogen-bond acceptors (Lipinski definition) is 4. The van der Waals surface area contributed by atoms with Crippen molar-refractivity contribution in [1.29, 1.82) is 0 Å². The molecule has 1 fully saturated rings. The Kier molecular flexibility index (Phi) is 2.56. The van der Waals surface area contributed by atoms with E-state index in [0.717, 1.165) is 5.56 Å². The fourth-order valence-corrected chi connectivity index (χ4v) is 1.34. The van der Waals surface area contributed by atoms with Gasteiger partial charge in [0, 0.05) is 18.7 Å². The summed E-state index contributed by atoms with van der Waals surface area (Å²) in [6.45, 7) is 2.69. The number of ketones is 1. The van der Waals surface area contributed by atoms with Crippen LogP contribution in [0.2, 0.25) is 0 Å². The van der Waals surface area contributed by atoms with Crippen molar-refractivity contribution in [3.05, 3.63) is 29.6 Å². The third-order valence-electron chi connectivity index (χ3n) is 2.04. The quantitative estimate of drug-likeness (QED) is 0.665. The summed E-state index contributed by atoms with van der Waals surface area (Å²) in [7, 11) is 0. The topological polar surface area (TPSA) is 48.4 Å². The number of carbonyl (C=O) groups excluding carboxylic acids is 1. The Bertz CT molecular complexity index is 345. The van der Waals surface area contributed by atoms with E-state index in [4.69, 9.17) is 9.47 Å². The van der Waals surface area contributed by atoms with Crippen LogP contribution in [0.1, 0.15) is 29.3 Å². The first-order valence-corrected chi connectivity index (χ1v) is 4.47. The zero-order valence-electron chi connectivity index (χ0n) is 7.90. The highest BCUT2D eigenvalue weighted by Crippen LogP contribution is 2.22. The van der Waals surface area contributed by atoms with E-state index >= 15 is 0 Å². The average molecular weight is 193 g/mol. The van der Waals surface area contributed by atoms with Crippen molar-refractivity contribution >= 4 is 5.78 Å². The number of rotatable bonds is 2. The lowest BCUT2D eigenvalue weighted by Gasteiger charge is -2.09. The van der Waals surface area contributed by atoms with Gasteiger partial charge < -0.3 is 9.47 Å². The Hall–Kier alpha value is -1.26. The molecule has 0 aromatic carbocycles. The summed E-state index contributed by atoms with van der Waals surface area (Å²) in [5.41, 5.74) is 1.30. The maximum atomic E-state index is 11.1. The van der Waals surface area contributed by atoms with Gasteiger partial charge in [0.1, 0.15) is 5.69 Å². The van der Waals surface area contributed by atoms with Crippen LogP contribution in [0.15, 0.2) is 18.3 Å². The van der Waals surface area contributed by atoms with E-state index in [-0.39, 0.29) is 12.1 Å². The summed E-state index contributed by atoms with van der Waals surface area (Å²) in [5, 5.41) is 0. The van der Waals surface area contributed by atoms with Crippen LogP contribution in [0.3, 0.4) is 0 Å². The van der Waals surface area contributed by atoms with Crippen LogP contribution in [0.5, 0.6) is 0 Å². The fourth-order valence-electron chi connectivity index (χ4n) is 1.34. The van der Waals surface area contributed by atoms with Gasteiger partial charge in [0.15, 0.2) is 12.1 Å². The summed E-state index contributed by atoms with van der Waals surface area (Å²) < 4.78 is 10.6. The highest BCUT2D eigenvalue weighted by molar-refractivity contribution is 5.92. The van der Waals surface area contributed by atoms with E-state index in [2.05, 4.69) is 4.98 Å². The molecule has 14 heavy (non-hydrogen) atoms. The molecule has 4 nitrogen and oxygen atoms in total. The van der Waals surface area contributed by atoms with E-state index in [1.165, 1.54) is 6.92 Å². The molecular weight excluding hydrogens is 182 g/mol. The van der Waals surface area contributed by atoms with E-state index < -0.39 is 0 Å². The number of pyridine rings is 1. The molecule has 4 heteroatoms. The van der Waals surface area contributed by atoms with Crippen molar-refractivity contribution < 1.29 is 14.3 Å². The highest BCUT2D eigenvalue weighted by Gasteiger charge is 2.18. The van der Waals surface area contributed by atoms with Crippen molar-refractivity contribution in [3.63, 3.8) is 0 Å². The van der Waals surface area contributed by atoms with Crippen molar-refractivity contribution in [2.45, 2.75) is 13.2 Å². The molecule has 1 aromatic rings.